The van der Waals surface area contributed by atoms with E-state index >= 15 is 0 Å². The summed E-state index contributed by atoms with van der Waals surface area (Å²) in [6, 6.07) is 12.3. The zero-order chi connectivity index (χ0) is 18.3. The van der Waals surface area contributed by atoms with Crippen LogP contribution in [-0.2, 0) is 11.3 Å². The predicted molar refractivity (Wildman–Crippen MR) is 101 cm³/mol. The molecule has 2 aromatic carbocycles. The number of ether oxygens (including phenoxy) is 1. The van der Waals surface area contributed by atoms with Gasteiger partial charge in [-0.2, -0.15) is 0 Å². The topological polar surface area (TPSA) is 87.2 Å². The lowest BCUT2D eigenvalue weighted by Gasteiger charge is -2.06. The number of nitrogens with two attached hydrogens (primary N) is 1. The van der Waals surface area contributed by atoms with Gasteiger partial charge >= 0.3 is 5.97 Å². The number of hydrogen-bond donors (Lipinski definition) is 1. The number of methoxy groups -OCH3 is 1. The second-order valence-corrected chi connectivity index (χ2v) is 6.20. The standard InChI is InChI=1S/C20H17N3O3/c1-26-20(25)13-4-2-12(3-5-13)10-14-8-9-23-18(14)22-17-11-15(21)6-7-16(17)19(23)24/h2-7,10-11H,8-9,21H2,1H3. The highest BCUT2D eigenvalue weighted by Crippen LogP contribution is 2.28. The average molecular weight is 347 g/mol. The van der Waals surface area contributed by atoms with Gasteiger partial charge in [-0.05, 0) is 54.0 Å². The summed E-state index contributed by atoms with van der Waals surface area (Å²) in [5, 5.41) is 0.576. The van der Waals surface area contributed by atoms with E-state index in [9.17, 15) is 9.59 Å². The van der Waals surface area contributed by atoms with E-state index in [0.29, 0.717) is 34.5 Å². The molecule has 4 rings (SSSR count). The highest BCUT2D eigenvalue weighted by molar-refractivity contribution is 5.90. The molecule has 2 heterocycles. The summed E-state index contributed by atoms with van der Waals surface area (Å²) in [4.78, 5) is 28.9. The molecule has 1 aliphatic heterocycles. The smallest absolute Gasteiger partial charge is 0.337 e. The molecule has 1 aliphatic rings. The first-order valence-electron chi connectivity index (χ1n) is 8.26. The van der Waals surface area contributed by atoms with Crippen LogP contribution >= 0.6 is 0 Å². The third kappa shape index (κ3) is 2.65. The number of nitrogens with zero attached hydrogens (tertiary/aromatic N) is 2. The van der Waals surface area contributed by atoms with Crippen molar-refractivity contribution in [2.45, 2.75) is 13.0 Å². The quantitative estimate of drug-likeness (QED) is 0.569. The fourth-order valence-corrected chi connectivity index (χ4v) is 3.21. The van der Waals surface area contributed by atoms with Crippen LogP contribution in [0.2, 0.25) is 0 Å². The molecule has 3 aromatic rings. The van der Waals surface area contributed by atoms with Crippen LogP contribution in [0.25, 0.3) is 22.6 Å². The largest absolute Gasteiger partial charge is 0.465 e. The number of nitrogen functional groups attached to an aromatic ring is 1. The third-order valence-corrected chi connectivity index (χ3v) is 4.54. The maximum atomic E-state index is 12.7. The Kier molecular flexibility index (Phi) is 3.80. The zero-order valence-electron chi connectivity index (χ0n) is 14.2. The van der Waals surface area contributed by atoms with Crippen LogP contribution in [0, 0.1) is 0 Å². The summed E-state index contributed by atoms with van der Waals surface area (Å²) < 4.78 is 6.41. The van der Waals surface area contributed by atoms with E-state index in [-0.39, 0.29) is 11.5 Å². The van der Waals surface area contributed by atoms with Crippen LogP contribution in [0.4, 0.5) is 5.69 Å². The Morgan fingerprint density at radius 2 is 2.00 bits per heavy atom. The average Bonchev–Trinajstić information content (AvgIpc) is 3.04. The number of carbonyl (C=O) groups excluding carboxylic acids is 1. The van der Waals surface area contributed by atoms with Crippen LogP contribution in [0.1, 0.15) is 28.2 Å². The number of carbonyl (C=O) groups is 1. The van der Waals surface area contributed by atoms with E-state index in [1.807, 2.05) is 18.2 Å². The number of aromatic nitrogens is 2. The van der Waals surface area contributed by atoms with Crippen molar-refractivity contribution in [3.8, 4) is 0 Å². The van der Waals surface area contributed by atoms with Crippen LogP contribution in [0.15, 0.2) is 47.3 Å². The van der Waals surface area contributed by atoms with Crippen molar-refractivity contribution < 1.29 is 9.53 Å². The highest BCUT2D eigenvalue weighted by Gasteiger charge is 2.20. The molecule has 0 atom stereocenters. The number of anilines is 1. The SMILES string of the molecule is COC(=O)c1ccc(C=C2CCn3c2nc2cc(N)ccc2c3=O)cc1. The van der Waals surface area contributed by atoms with Crippen LogP contribution in [0.5, 0.6) is 0 Å². The highest BCUT2D eigenvalue weighted by atomic mass is 16.5. The molecular formula is C20H17N3O3. The van der Waals surface area contributed by atoms with Crippen molar-refractivity contribution in [3.63, 3.8) is 0 Å². The van der Waals surface area contributed by atoms with Crippen molar-refractivity contribution in [3.05, 3.63) is 69.8 Å². The Hall–Kier alpha value is -3.41. The van der Waals surface area contributed by atoms with Crippen LogP contribution in [-0.4, -0.2) is 22.6 Å². The fraction of sp³-hybridized carbons (Fsp3) is 0.150. The first kappa shape index (κ1) is 16.1. The van der Waals surface area contributed by atoms with Crippen molar-refractivity contribution >= 4 is 34.2 Å². The number of allylic oxidation sites excluding steroid dienone is 1. The third-order valence-electron chi connectivity index (χ3n) is 4.54. The van der Waals surface area contributed by atoms with E-state index < -0.39 is 0 Å². The van der Waals surface area contributed by atoms with E-state index in [0.717, 1.165) is 17.6 Å². The molecule has 0 spiro atoms. The maximum Gasteiger partial charge on any atom is 0.337 e. The molecule has 6 heteroatoms. The normalized spacial score (nSPS) is 14.6. The summed E-state index contributed by atoms with van der Waals surface area (Å²) >= 11 is 0. The lowest BCUT2D eigenvalue weighted by molar-refractivity contribution is 0.0600. The molecule has 1 aromatic heterocycles. The maximum absolute atomic E-state index is 12.7. The Morgan fingerprint density at radius 3 is 2.73 bits per heavy atom. The van der Waals surface area contributed by atoms with Gasteiger partial charge in [0.15, 0.2) is 0 Å². The lowest BCUT2D eigenvalue weighted by atomic mass is 10.1. The number of esters is 1. The predicted octanol–water partition coefficient (Wildman–Crippen LogP) is 2.71. The Labute approximate surface area is 149 Å². The number of benzene rings is 2. The molecule has 0 amide bonds. The summed E-state index contributed by atoms with van der Waals surface area (Å²) in [6.07, 6.45) is 2.72. The molecule has 0 fully saturated rings. The van der Waals surface area contributed by atoms with Crippen molar-refractivity contribution in [1.82, 2.24) is 9.55 Å². The Morgan fingerprint density at radius 1 is 1.23 bits per heavy atom. The summed E-state index contributed by atoms with van der Waals surface area (Å²) in [6.45, 7) is 0.605. The van der Waals surface area contributed by atoms with E-state index in [1.54, 1.807) is 34.9 Å². The summed E-state index contributed by atoms with van der Waals surface area (Å²) in [5.41, 5.74) is 9.38. The summed E-state index contributed by atoms with van der Waals surface area (Å²) in [5.74, 6) is 0.304. The van der Waals surface area contributed by atoms with Gasteiger partial charge in [-0.3, -0.25) is 9.36 Å². The van der Waals surface area contributed by atoms with Crippen molar-refractivity contribution in [1.29, 1.82) is 0 Å². The molecule has 26 heavy (non-hydrogen) atoms. The molecule has 0 radical (unpaired) electrons. The monoisotopic (exact) mass is 347 g/mol. The molecule has 0 aliphatic carbocycles. The molecule has 0 bridgehead atoms. The van der Waals surface area contributed by atoms with Gasteiger partial charge in [0.25, 0.3) is 5.56 Å². The van der Waals surface area contributed by atoms with Gasteiger partial charge in [0, 0.05) is 12.2 Å². The van der Waals surface area contributed by atoms with Gasteiger partial charge in [-0.15, -0.1) is 0 Å². The van der Waals surface area contributed by atoms with E-state index in [4.69, 9.17) is 10.5 Å². The minimum Gasteiger partial charge on any atom is -0.465 e. The molecule has 2 N–H and O–H groups in total. The van der Waals surface area contributed by atoms with E-state index in [1.165, 1.54) is 7.11 Å². The minimum atomic E-state index is -0.368. The fourth-order valence-electron chi connectivity index (χ4n) is 3.21. The Bertz CT molecular complexity index is 1110. The van der Waals surface area contributed by atoms with E-state index in [2.05, 4.69) is 4.98 Å². The molecular weight excluding hydrogens is 330 g/mol. The second kappa shape index (κ2) is 6.15. The molecule has 6 nitrogen and oxygen atoms in total. The number of rotatable bonds is 2. The number of hydrogen-bond acceptors (Lipinski definition) is 5. The van der Waals surface area contributed by atoms with Gasteiger partial charge in [0.2, 0.25) is 0 Å². The van der Waals surface area contributed by atoms with Gasteiger partial charge in [0.05, 0.1) is 23.6 Å². The van der Waals surface area contributed by atoms with Gasteiger partial charge in [0.1, 0.15) is 5.82 Å². The lowest BCUT2D eigenvalue weighted by Crippen LogP contribution is -2.20. The van der Waals surface area contributed by atoms with Crippen LogP contribution < -0.4 is 11.3 Å². The second-order valence-electron chi connectivity index (χ2n) is 6.20. The molecule has 130 valence electrons. The molecule has 0 unspecified atom stereocenters. The van der Waals surface area contributed by atoms with Gasteiger partial charge < -0.3 is 10.5 Å². The molecule has 0 saturated carbocycles. The summed E-state index contributed by atoms with van der Waals surface area (Å²) in [7, 11) is 1.36. The van der Waals surface area contributed by atoms with Crippen molar-refractivity contribution in [2.24, 2.45) is 0 Å². The van der Waals surface area contributed by atoms with Crippen molar-refractivity contribution in [2.75, 3.05) is 12.8 Å². The Balaban J connectivity index is 1.77. The minimum absolute atomic E-state index is 0.0468. The zero-order valence-corrected chi connectivity index (χ0v) is 14.2. The molecule has 0 saturated heterocycles. The van der Waals surface area contributed by atoms with Gasteiger partial charge in [-0.25, -0.2) is 9.78 Å². The van der Waals surface area contributed by atoms with Crippen LogP contribution in [0.3, 0.4) is 0 Å². The number of fused-ring (bicyclic) bond motifs is 2. The first-order chi connectivity index (χ1) is 12.6. The first-order valence-corrected chi connectivity index (χ1v) is 8.26. The van der Waals surface area contributed by atoms with Gasteiger partial charge in [-0.1, -0.05) is 12.1 Å².